The predicted molar refractivity (Wildman–Crippen MR) is 102 cm³/mol. The quantitative estimate of drug-likeness (QED) is 0.638. The summed E-state index contributed by atoms with van der Waals surface area (Å²) in [6.45, 7) is 6.10. The molecule has 1 N–H and O–H groups in total. The van der Waals surface area contributed by atoms with Gasteiger partial charge in [-0.25, -0.2) is 0 Å². The fourth-order valence-electron chi connectivity index (χ4n) is 2.37. The fraction of sp³-hybridized carbons (Fsp3) is 0.474. The minimum Gasteiger partial charge on any atom is -0.493 e. The number of carbonyl (C=O) groups excluding carboxylic acids is 1. The number of hydrogen-bond donors (Lipinski definition) is 1. The van der Waals surface area contributed by atoms with E-state index in [2.05, 4.69) is 24.3 Å². The summed E-state index contributed by atoms with van der Waals surface area (Å²) in [6, 6.07) is 5.13. The first-order chi connectivity index (χ1) is 12.5. The third-order valence-electron chi connectivity index (χ3n) is 3.84. The Morgan fingerprint density at radius 1 is 1.38 bits per heavy atom. The molecule has 0 unspecified atom stereocenters. The predicted octanol–water partition coefficient (Wildman–Crippen LogP) is 3.79. The summed E-state index contributed by atoms with van der Waals surface area (Å²) in [6.07, 6.45) is 5.33. The number of nitrogens with zero attached hydrogens (tertiary/aromatic N) is 2. The van der Waals surface area contributed by atoms with Crippen molar-refractivity contribution in [1.29, 1.82) is 0 Å². The van der Waals surface area contributed by atoms with Gasteiger partial charge in [0.2, 0.25) is 0 Å². The van der Waals surface area contributed by atoms with Gasteiger partial charge in [0.1, 0.15) is 0 Å². The van der Waals surface area contributed by atoms with E-state index < -0.39 is 0 Å². The SMILES string of the molecule is COc1cc(C(=O)NCCCn2cccn2)cc(Cl)c1OCCC(C)C. The molecule has 0 radical (unpaired) electrons. The highest BCUT2D eigenvalue weighted by Gasteiger charge is 2.16. The monoisotopic (exact) mass is 379 g/mol. The van der Waals surface area contributed by atoms with Crippen molar-refractivity contribution in [2.24, 2.45) is 5.92 Å². The molecule has 0 bridgehead atoms. The lowest BCUT2D eigenvalue weighted by Gasteiger charge is -2.15. The van der Waals surface area contributed by atoms with Crippen LogP contribution in [-0.4, -0.2) is 35.9 Å². The van der Waals surface area contributed by atoms with Gasteiger partial charge in [0.25, 0.3) is 5.91 Å². The molecule has 1 heterocycles. The number of benzene rings is 1. The molecule has 0 aliphatic rings. The van der Waals surface area contributed by atoms with E-state index in [1.807, 2.05) is 16.9 Å². The molecular formula is C19H26ClN3O3. The summed E-state index contributed by atoms with van der Waals surface area (Å²) >= 11 is 6.30. The van der Waals surface area contributed by atoms with Crippen LogP contribution in [-0.2, 0) is 6.54 Å². The second-order valence-corrected chi connectivity index (χ2v) is 6.81. The molecular weight excluding hydrogens is 354 g/mol. The highest BCUT2D eigenvalue weighted by molar-refractivity contribution is 6.32. The Morgan fingerprint density at radius 2 is 2.19 bits per heavy atom. The maximum Gasteiger partial charge on any atom is 0.251 e. The van der Waals surface area contributed by atoms with Crippen LogP contribution in [0.4, 0.5) is 0 Å². The number of ether oxygens (including phenoxy) is 2. The number of halogens is 1. The van der Waals surface area contributed by atoms with Crippen LogP contribution in [0.3, 0.4) is 0 Å². The molecule has 7 heteroatoms. The Hall–Kier alpha value is -2.21. The second kappa shape index (κ2) is 10.1. The topological polar surface area (TPSA) is 65.4 Å². The molecule has 0 aliphatic carbocycles. The first-order valence-corrected chi connectivity index (χ1v) is 9.15. The van der Waals surface area contributed by atoms with Gasteiger partial charge in [-0.05, 0) is 37.0 Å². The third kappa shape index (κ3) is 5.95. The number of hydrogen-bond acceptors (Lipinski definition) is 4. The average molecular weight is 380 g/mol. The van der Waals surface area contributed by atoms with Crippen molar-refractivity contribution in [3.63, 3.8) is 0 Å². The van der Waals surface area contributed by atoms with Crippen LogP contribution in [0.5, 0.6) is 11.5 Å². The van der Waals surface area contributed by atoms with Gasteiger partial charge in [-0.1, -0.05) is 25.4 Å². The number of aromatic nitrogens is 2. The van der Waals surface area contributed by atoms with Crippen LogP contribution in [0.25, 0.3) is 0 Å². The number of rotatable bonds is 10. The summed E-state index contributed by atoms with van der Waals surface area (Å²) in [5.74, 6) is 1.28. The zero-order valence-corrected chi connectivity index (χ0v) is 16.3. The first kappa shape index (κ1) is 20.1. The highest BCUT2D eigenvalue weighted by Crippen LogP contribution is 2.36. The lowest BCUT2D eigenvalue weighted by Crippen LogP contribution is -2.25. The number of nitrogens with one attached hydrogen (secondary N) is 1. The molecule has 0 saturated heterocycles. The van der Waals surface area contributed by atoms with Crippen LogP contribution in [0.15, 0.2) is 30.6 Å². The highest BCUT2D eigenvalue weighted by atomic mass is 35.5. The molecule has 0 saturated carbocycles. The van der Waals surface area contributed by atoms with Crippen LogP contribution in [0.1, 0.15) is 37.0 Å². The third-order valence-corrected chi connectivity index (χ3v) is 4.12. The van der Waals surface area contributed by atoms with Crippen molar-refractivity contribution in [1.82, 2.24) is 15.1 Å². The van der Waals surface area contributed by atoms with E-state index in [4.69, 9.17) is 21.1 Å². The molecule has 1 aromatic heterocycles. The molecule has 1 aromatic carbocycles. The molecule has 6 nitrogen and oxygen atoms in total. The minimum atomic E-state index is -0.195. The van der Waals surface area contributed by atoms with Crippen molar-refractivity contribution in [3.8, 4) is 11.5 Å². The fourth-order valence-corrected chi connectivity index (χ4v) is 2.63. The van der Waals surface area contributed by atoms with Gasteiger partial charge in [0.05, 0.1) is 18.7 Å². The number of methoxy groups -OCH3 is 1. The van der Waals surface area contributed by atoms with Gasteiger partial charge >= 0.3 is 0 Å². The standard InChI is InChI=1S/C19H26ClN3O3/c1-14(2)6-11-26-18-16(20)12-15(13-17(18)25-3)19(24)21-7-4-9-23-10-5-8-22-23/h5,8,10,12-14H,4,6-7,9,11H2,1-3H3,(H,21,24). The molecule has 2 rings (SSSR count). The molecule has 0 atom stereocenters. The molecule has 0 aliphatic heterocycles. The maximum atomic E-state index is 12.4. The van der Waals surface area contributed by atoms with E-state index in [1.54, 1.807) is 18.3 Å². The Balaban J connectivity index is 1.93. The Morgan fingerprint density at radius 3 is 2.85 bits per heavy atom. The van der Waals surface area contributed by atoms with E-state index in [-0.39, 0.29) is 5.91 Å². The summed E-state index contributed by atoms with van der Waals surface area (Å²) in [7, 11) is 1.53. The average Bonchev–Trinajstić information content (AvgIpc) is 3.12. The molecule has 2 aromatic rings. The Kier molecular flexibility index (Phi) is 7.78. The zero-order chi connectivity index (χ0) is 18.9. The molecule has 0 fully saturated rings. The van der Waals surface area contributed by atoms with Crippen molar-refractivity contribution in [2.45, 2.75) is 33.2 Å². The summed E-state index contributed by atoms with van der Waals surface area (Å²) < 4.78 is 12.9. The van der Waals surface area contributed by atoms with Gasteiger partial charge in [-0.15, -0.1) is 0 Å². The maximum absolute atomic E-state index is 12.4. The molecule has 26 heavy (non-hydrogen) atoms. The van der Waals surface area contributed by atoms with Crippen LogP contribution >= 0.6 is 11.6 Å². The second-order valence-electron chi connectivity index (χ2n) is 6.40. The molecule has 142 valence electrons. The van der Waals surface area contributed by atoms with Gasteiger partial charge in [-0.2, -0.15) is 5.10 Å². The number of aryl methyl sites for hydroxylation is 1. The molecule has 0 spiro atoms. The Bertz CT molecular complexity index is 702. The van der Waals surface area contributed by atoms with Gasteiger partial charge in [0.15, 0.2) is 11.5 Å². The Labute approximate surface area is 159 Å². The smallest absolute Gasteiger partial charge is 0.251 e. The van der Waals surface area contributed by atoms with E-state index in [9.17, 15) is 4.79 Å². The first-order valence-electron chi connectivity index (χ1n) is 8.77. The van der Waals surface area contributed by atoms with Crippen LogP contribution < -0.4 is 14.8 Å². The van der Waals surface area contributed by atoms with E-state index in [0.29, 0.717) is 41.2 Å². The van der Waals surface area contributed by atoms with Crippen molar-refractivity contribution in [2.75, 3.05) is 20.3 Å². The minimum absolute atomic E-state index is 0.195. The summed E-state index contributed by atoms with van der Waals surface area (Å²) in [5.41, 5.74) is 0.446. The van der Waals surface area contributed by atoms with E-state index in [1.165, 1.54) is 7.11 Å². The summed E-state index contributed by atoms with van der Waals surface area (Å²) in [5, 5.41) is 7.38. The van der Waals surface area contributed by atoms with E-state index in [0.717, 1.165) is 19.4 Å². The van der Waals surface area contributed by atoms with Gasteiger partial charge in [0, 0.05) is 31.0 Å². The van der Waals surface area contributed by atoms with E-state index >= 15 is 0 Å². The number of amides is 1. The van der Waals surface area contributed by atoms with Crippen LogP contribution in [0.2, 0.25) is 5.02 Å². The lowest BCUT2D eigenvalue weighted by molar-refractivity contribution is 0.0952. The normalized spacial score (nSPS) is 10.8. The van der Waals surface area contributed by atoms with Crippen molar-refractivity contribution >= 4 is 17.5 Å². The van der Waals surface area contributed by atoms with Gasteiger partial charge in [-0.3, -0.25) is 9.48 Å². The van der Waals surface area contributed by atoms with Crippen molar-refractivity contribution < 1.29 is 14.3 Å². The molecule has 1 amide bonds. The summed E-state index contributed by atoms with van der Waals surface area (Å²) in [4.78, 5) is 12.4. The van der Waals surface area contributed by atoms with Crippen LogP contribution in [0, 0.1) is 5.92 Å². The van der Waals surface area contributed by atoms with Crippen molar-refractivity contribution in [3.05, 3.63) is 41.2 Å². The zero-order valence-electron chi connectivity index (χ0n) is 15.5. The van der Waals surface area contributed by atoms with Gasteiger partial charge < -0.3 is 14.8 Å². The lowest BCUT2D eigenvalue weighted by atomic mass is 10.1. The number of carbonyl (C=O) groups is 1. The largest absolute Gasteiger partial charge is 0.493 e.